The number of allylic oxidation sites excluding steroid dienone is 1. The fourth-order valence-electron chi connectivity index (χ4n) is 3.00. The van der Waals surface area contributed by atoms with Crippen molar-refractivity contribution in [1.29, 1.82) is 5.26 Å². The van der Waals surface area contributed by atoms with Crippen molar-refractivity contribution in [1.82, 2.24) is 0 Å². The summed E-state index contributed by atoms with van der Waals surface area (Å²) in [5, 5.41) is 9.60. The number of thiophene rings is 1. The van der Waals surface area contributed by atoms with Crippen molar-refractivity contribution in [2.24, 2.45) is 5.73 Å². The molecular weight excluding hydrogens is 336 g/mol. The summed E-state index contributed by atoms with van der Waals surface area (Å²) in [4.78, 5) is 13.7. The maximum Gasteiger partial charge on any atom is 0.342 e. The highest BCUT2D eigenvalue weighted by atomic mass is 32.1. The van der Waals surface area contributed by atoms with E-state index in [9.17, 15) is 10.1 Å². The SMILES string of the molecule is CCc1ccc(C2C(C#N)=C(N)Oc3c2sc(C)c3C(=O)OC)cc1. The number of carbonyl (C=O) groups is 1. The lowest BCUT2D eigenvalue weighted by atomic mass is 9.87. The van der Waals surface area contributed by atoms with Crippen LogP contribution in [0.4, 0.5) is 0 Å². The van der Waals surface area contributed by atoms with E-state index in [-0.39, 0.29) is 11.8 Å². The van der Waals surface area contributed by atoms with Gasteiger partial charge in [0.05, 0.1) is 17.9 Å². The normalized spacial score (nSPS) is 16.0. The number of methoxy groups -OCH3 is 1. The average Bonchev–Trinajstić information content (AvgIpc) is 2.95. The Kier molecular flexibility index (Phi) is 4.51. The van der Waals surface area contributed by atoms with Gasteiger partial charge in [0.15, 0.2) is 5.75 Å². The summed E-state index contributed by atoms with van der Waals surface area (Å²) in [6, 6.07) is 10.2. The van der Waals surface area contributed by atoms with Crippen LogP contribution in [0.3, 0.4) is 0 Å². The number of aryl methyl sites for hydroxylation is 2. The van der Waals surface area contributed by atoms with Crippen molar-refractivity contribution in [3.05, 3.63) is 62.2 Å². The highest BCUT2D eigenvalue weighted by Gasteiger charge is 2.36. The van der Waals surface area contributed by atoms with Crippen LogP contribution in [0.1, 0.15) is 44.1 Å². The molecule has 0 spiro atoms. The largest absolute Gasteiger partial charge is 0.465 e. The molecule has 0 bridgehead atoms. The molecule has 1 aliphatic rings. The fraction of sp³-hybridized carbons (Fsp3) is 0.263. The van der Waals surface area contributed by atoms with Gasteiger partial charge in [-0.15, -0.1) is 11.3 Å². The summed E-state index contributed by atoms with van der Waals surface area (Å²) in [5.41, 5.74) is 8.88. The van der Waals surface area contributed by atoms with E-state index >= 15 is 0 Å². The van der Waals surface area contributed by atoms with Crippen LogP contribution in [0.5, 0.6) is 5.75 Å². The van der Waals surface area contributed by atoms with Gasteiger partial charge in [0.2, 0.25) is 5.88 Å². The van der Waals surface area contributed by atoms with E-state index in [1.807, 2.05) is 31.2 Å². The first-order valence-electron chi connectivity index (χ1n) is 7.89. The predicted molar refractivity (Wildman–Crippen MR) is 95.5 cm³/mol. The van der Waals surface area contributed by atoms with E-state index in [0.717, 1.165) is 21.7 Å². The zero-order valence-electron chi connectivity index (χ0n) is 14.3. The number of benzene rings is 1. The number of nitrogens with two attached hydrogens (primary N) is 1. The predicted octanol–water partition coefficient (Wildman–Crippen LogP) is 3.62. The number of rotatable bonds is 3. The van der Waals surface area contributed by atoms with Crippen molar-refractivity contribution in [3.8, 4) is 11.8 Å². The van der Waals surface area contributed by atoms with E-state index in [1.165, 1.54) is 24.0 Å². The molecule has 0 fully saturated rings. The summed E-state index contributed by atoms with van der Waals surface area (Å²) >= 11 is 1.43. The third kappa shape index (κ3) is 2.77. The molecule has 1 atom stereocenters. The highest BCUT2D eigenvalue weighted by Crippen LogP contribution is 2.49. The van der Waals surface area contributed by atoms with E-state index in [2.05, 4.69) is 13.0 Å². The van der Waals surface area contributed by atoms with Gasteiger partial charge in [-0.1, -0.05) is 31.2 Å². The Morgan fingerprint density at radius 3 is 2.64 bits per heavy atom. The number of fused-ring (bicyclic) bond motifs is 1. The Balaban J connectivity index is 2.20. The first kappa shape index (κ1) is 17.1. The Hall–Kier alpha value is -2.78. The minimum atomic E-state index is -0.469. The van der Waals surface area contributed by atoms with Gasteiger partial charge < -0.3 is 15.2 Å². The molecule has 128 valence electrons. The number of hydrogen-bond donors (Lipinski definition) is 1. The van der Waals surface area contributed by atoms with Crippen LogP contribution >= 0.6 is 11.3 Å². The van der Waals surface area contributed by atoms with Crippen molar-refractivity contribution in [2.75, 3.05) is 7.11 Å². The molecule has 2 aromatic rings. The second-order valence-electron chi connectivity index (χ2n) is 5.74. The molecule has 1 aromatic carbocycles. The molecule has 2 N–H and O–H groups in total. The lowest BCUT2D eigenvalue weighted by Gasteiger charge is -2.24. The third-order valence-electron chi connectivity index (χ3n) is 4.33. The van der Waals surface area contributed by atoms with Gasteiger partial charge in [-0.05, 0) is 24.5 Å². The smallest absolute Gasteiger partial charge is 0.342 e. The Labute approximate surface area is 150 Å². The third-order valence-corrected chi connectivity index (χ3v) is 5.48. The molecule has 0 amide bonds. The molecular formula is C19H18N2O3S. The summed E-state index contributed by atoms with van der Waals surface area (Å²) in [6.07, 6.45) is 0.937. The molecule has 1 unspecified atom stereocenters. The number of nitrogens with zero attached hydrogens (tertiary/aromatic N) is 1. The van der Waals surface area contributed by atoms with Crippen molar-refractivity contribution >= 4 is 17.3 Å². The minimum absolute atomic E-state index is 0.0301. The van der Waals surface area contributed by atoms with Gasteiger partial charge >= 0.3 is 5.97 Å². The maximum absolute atomic E-state index is 12.1. The van der Waals surface area contributed by atoms with E-state index in [4.69, 9.17) is 15.2 Å². The van der Waals surface area contributed by atoms with Crippen LogP contribution in [0.15, 0.2) is 35.7 Å². The highest BCUT2D eigenvalue weighted by molar-refractivity contribution is 7.12. The van der Waals surface area contributed by atoms with Crippen LogP contribution in [0.25, 0.3) is 0 Å². The lowest BCUT2D eigenvalue weighted by molar-refractivity contribution is 0.0597. The van der Waals surface area contributed by atoms with Gasteiger partial charge in [-0.2, -0.15) is 5.26 Å². The first-order valence-corrected chi connectivity index (χ1v) is 8.71. The number of hydrogen-bond acceptors (Lipinski definition) is 6. The topological polar surface area (TPSA) is 85.3 Å². The molecule has 2 heterocycles. The second-order valence-corrected chi connectivity index (χ2v) is 6.99. The molecule has 1 aliphatic heterocycles. The maximum atomic E-state index is 12.1. The van der Waals surface area contributed by atoms with E-state index in [1.54, 1.807) is 0 Å². The Bertz CT molecular complexity index is 904. The number of esters is 1. The number of ether oxygens (including phenoxy) is 2. The molecule has 3 rings (SSSR count). The second kappa shape index (κ2) is 6.61. The Morgan fingerprint density at radius 1 is 1.40 bits per heavy atom. The zero-order valence-corrected chi connectivity index (χ0v) is 15.1. The molecule has 25 heavy (non-hydrogen) atoms. The van der Waals surface area contributed by atoms with Crippen LogP contribution in [0, 0.1) is 18.3 Å². The monoisotopic (exact) mass is 354 g/mol. The summed E-state index contributed by atoms with van der Waals surface area (Å²) < 4.78 is 10.5. The number of nitriles is 1. The zero-order chi connectivity index (χ0) is 18.1. The van der Waals surface area contributed by atoms with E-state index in [0.29, 0.717) is 16.9 Å². The van der Waals surface area contributed by atoms with Gasteiger partial charge in [0.1, 0.15) is 17.2 Å². The number of carbonyl (C=O) groups excluding carboxylic acids is 1. The molecule has 0 radical (unpaired) electrons. The van der Waals surface area contributed by atoms with Crippen LogP contribution < -0.4 is 10.5 Å². The van der Waals surface area contributed by atoms with Gasteiger partial charge in [-0.3, -0.25) is 0 Å². The summed E-state index contributed by atoms with van der Waals surface area (Å²) in [7, 11) is 1.33. The molecule has 0 saturated carbocycles. The quantitative estimate of drug-likeness (QED) is 0.851. The van der Waals surface area contributed by atoms with Crippen molar-refractivity contribution < 1.29 is 14.3 Å². The first-order chi connectivity index (χ1) is 12.0. The summed E-state index contributed by atoms with van der Waals surface area (Å²) in [6.45, 7) is 3.92. The average molecular weight is 354 g/mol. The standard InChI is InChI=1S/C19H18N2O3S/c1-4-11-5-7-12(8-6-11)15-13(9-20)18(21)24-16-14(19(22)23-3)10(2)25-17(15)16/h5-8,15H,4,21H2,1-3H3. The molecule has 0 aliphatic carbocycles. The van der Waals surface area contributed by atoms with Gasteiger partial charge in [0, 0.05) is 4.88 Å². The van der Waals surface area contributed by atoms with Crippen LogP contribution in [0.2, 0.25) is 0 Å². The van der Waals surface area contributed by atoms with Crippen LogP contribution in [-0.4, -0.2) is 13.1 Å². The van der Waals surface area contributed by atoms with Crippen molar-refractivity contribution in [2.45, 2.75) is 26.2 Å². The minimum Gasteiger partial charge on any atom is -0.465 e. The van der Waals surface area contributed by atoms with E-state index < -0.39 is 5.97 Å². The molecule has 0 saturated heterocycles. The fourth-order valence-corrected chi connectivity index (χ4v) is 4.21. The molecule has 1 aromatic heterocycles. The lowest BCUT2D eigenvalue weighted by Crippen LogP contribution is -2.21. The Morgan fingerprint density at radius 2 is 2.08 bits per heavy atom. The van der Waals surface area contributed by atoms with Gasteiger partial charge in [0.25, 0.3) is 0 Å². The van der Waals surface area contributed by atoms with Crippen LogP contribution in [-0.2, 0) is 11.2 Å². The van der Waals surface area contributed by atoms with Gasteiger partial charge in [-0.25, -0.2) is 4.79 Å². The molecule has 5 nitrogen and oxygen atoms in total. The van der Waals surface area contributed by atoms with Crippen molar-refractivity contribution in [3.63, 3.8) is 0 Å². The summed E-state index contributed by atoms with van der Waals surface area (Å²) in [5.74, 6) is -0.386. The molecule has 6 heteroatoms.